The molecule has 0 saturated carbocycles. The Bertz CT molecular complexity index is 1720. The Balaban J connectivity index is 1.21. The first-order valence-electron chi connectivity index (χ1n) is 18.3. The van der Waals surface area contributed by atoms with Crippen molar-refractivity contribution in [1.82, 2.24) is 9.80 Å². The number of imide groups is 1. The Morgan fingerprint density at radius 1 is 0.920 bits per heavy atom. The van der Waals surface area contributed by atoms with Gasteiger partial charge in [-0.1, -0.05) is 86.2 Å². The molecule has 2 aliphatic heterocycles. The second-order valence-corrected chi connectivity index (χ2v) is 14.9. The number of allylic oxidation sites excluding steroid dienone is 2. The SMILES string of the molecule is Cc1cc(/C=C(/CC[C@@H](O)C2=C(C(C)C)C[C@H]3C(=O)N(C4CCN(Cc5ccccc5)CC4)C(=O)[C@H]3[C@H]2CO)c2ccccc2)cc(C)c1O. The summed E-state index contributed by atoms with van der Waals surface area (Å²) in [6, 6.07) is 24.2. The van der Waals surface area contributed by atoms with E-state index < -0.39 is 23.9 Å². The summed E-state index contributed by atoms with van der Waals surface area (Å²) in [7, 11) is 0. The molecule has 3 aromatic carbocycles. The first-order valence-corrected chi connectivity index (χ1v) is 18.3. The number of carbonyl (C=O) groups excluding carboxylic acids is 2. The van der Waals surface area contributed by atoms with Gasteiger partial charge in [0.15, 0.2) is 0 Å². The maximum Gasteiger partial charge on any atom is 0.234 e. The molecule has 0 unspecified atom stereocenters. The van der Waals surface area contributed by atoms with Crippen molar-refractivity contribution in [3.05, 3.63) is 112 Å². The minimum Gasteiger partial charge on any atom is -0.507 e. The molecule has 2 heterocycles. The summed E-state index contributed by atoms with van der Waals surface area (Å²) in [5.41, 5.74) is 7.68. The lowest BCUT2D eigenvalue weighted by molar-refractivity contribution is -0.144. The van der Waals surface area contributed by atoms with Crippen molar-refractivity contribution in [2.45, 2.75) is 78.5 Å². The molecule has 7 nitrogen and oxygen atoms in total. The Hall–Kier alpha value is -4.04. The molecule has 0 spiro atoms. The zero-order valence-electron chi connectivity index (χ0n) is 29.9. The van der Waals surface area contributed by atoms with Crippen molar-refractivity contribution in [1.29, 1.82) is 0 Å². The van der Waals surface area contributed by atoms with Crippen molar-refractivity contribution in [2.24, 2.45) is 23.7 Å². The number of aliphatic hydroxyl groups is 2. The smallest absolute Gasteiger partial charge is 0.234 e. The van der Waals surface area contributed by atoms with Gasteiger partial charge in [0.25, 0.3) is 0 Å². The topological polar surface area (TPSA) is 101 Å². The molecule has 4 atom stereocenters. The molecule has 3 aliphatic rings. The number of nitrogens with zero attached hydrogens (tertiary/aromatic N) is 2. The largest absolute Gasteiger partial charge is 0.507 e. The maximum absolute atomic E-state index is 14.2. The van der Waals surface area contributed by atoms with Gasteiger partial charge in [0.1, 0.15) is 5.75 Å². The summed E-state index contributed by atoms with van der Waals surface area (Å²) < 4.78 is 0. The van der Waals surface area contributed by atoms with Crippen molar-refractivity contribution in [3.8, 4) is 5.75 Å². The summed E-state index contributed by atoms with van der Waals surface area (Å²) >= 11 is 0. The lowest BCUT2D eigenvalue weighted by atomic mass is 9.66. The number of rotatable bonds is 11. The van der Waals surface area contributed by atoms with Crippen LogP contribution in [-0.2, 0) is 16.1 Å². The first-order chi connectivity index (χ1) is 24.1. The molecule has 50 heavy (non-hydrogen) atoms. The van der Waals surface area contributed by atoms with Crippen LogP contribution in [0.1, 0.15) is 73.8 Å². The molecular formula is C43H52N2O5. The summed E-state index contributed by atoms with van der Waals surface area (Å²) in [6.45, 7) is 10.1. The van der Waals surface area contributed by atoms with E-state index in [9.17, 15) is 24.9 Å². The monoisotopic (exact) mass is 676 g/mol. The van der Waals surface area contributed by atoms with Gasteiger partial charge in [-0.15, -0.1) is 0 Å². The minimum atomic E-state index is -0.876. The van der Waals surface area contributed by atoms with Crippen LogP contribution in [0, 0.1) is 37.5 Å². The summed E-state index contributed by atoms with van der Waals surface area (Å²) in [5.74, 6) is -1.71. The van der Waals surface area contributed by atoms with Crippen molar-refractivity contribution in [2.75, 3.05) is 19.7 Å². The van der Waals surface area contributed by atoms with Gasteiger partial charge in [-0.3, -0.25) is 19.4 Å². The van der Waals surface area contributed by atoms with E-state index in [1.807, 2.05) is 62.4 Å². The number of aliphatic hydroxyl groups excluding tert-OH is 2. The predicted octanol–water partition coefficient (Wildman–Crippen LogP) is 6.92. The van der Waals surface area contributed by atoms with E-state index in [0.29, 0.717) is 25.0 Å². The lowest BCUT2D eigenvalue weighted by Gasteiger charge is -2.38. The number of likely N-dealkylation sites (tertiary alicyclic amines) is 2. The van der Waals surface area contributed by atoms with Gasteiger partial charge in [0, 0.05) is 31.6 Å². The van der Waals surface area contributed by atoms with E-state index in [-0.39, 0.29) is 30.4 Å². The lowest BCUT2D eigenvalue weighted by Crippen LogP contribution is -2.47. The van der Waals surface area contributed by atoms with Crippen LogP contribution in [0.15, 0.2) is 83.9 Å². The Morgan fingerprint density at radius 2 is 1.54 bits per heavy atom. The highest BCUT2D eigenvalue weighted by Gasteiger charge is 2.56. The van der Waals surface area contributed by atoms with Gasteiger partial charge in [0.2, 0.25) is 11.8 Å². The average molecular weight is 677 g/mol. The van der Waals surface area contributed by atoms with E-state index >= 15 is 0 Å². The molecule has 6 rings (SSSR count). The second kappa shape index (κ2) is 15.5. The fourth-order valence-electron chi connectivity index (χ4n) is 8.68. The van der Waals surface area contributed by atoms with Crippen LogP contribution in [0.5, 0.6) is 5.75 Å². The average Bonchev–Trinajstić information content (AvgIpc) is 3.37. The van der Waals surface area contributed by atoms with Crippen LogP contribution >= 0.6 is 0 Å². The molecule has 1 aliphatic carbocycles. The van der Waals surface area contributed by atoms with Crippen molar-refractivity contribution >= 4 is 23.5 Å². The molecule has 264 valence electrons. The van der Waals surface area contributed by atoms with Crippen molar-refractivity contribution in [3.63, 3.8) is 0 Å². The van der Waals surface area contributed by atoms with E-state index in [1.165, 1.54) is 5.56 Å². The molecule has 2 saturated heterocycles. The number of piperidine rings is 1. The number of fused-ring (bicyclic) bond motifs is 1. The second-order valence-electron chi connectivity index (χ2n) is 14.9. The number of aromatic hydroxyl groups is 1. The summed E-state index contributed by atoms with van der Waals surface area (Å²) in [6.07, 6.45) is 4.12. The molecule has 0 radical (unpaired) electrons. The first kappa shape index (κ1) is 35.8. The zero-order chi connectivity index (χ0) is 35.5. The van der Waals surface area contributed by atoms with Crippen LogP contribution in [-0.4, -0.2) is 68.8 Å². The van der Waals surface area contributed by atoms with E-state index in [2.05, 4.69) is 49.1 Å². The number of amides is 2. The van der Waals surface area contributed by atoms with Gasteiger partial charge >= 0.3 is 0 Å². The Morgan fingerprint density at radius 3 is 2.14 bits per heavy atom. The van der Waals surface area contributed by atoms with E-state index in [0.717, 1.165) is 71.4 Å². The summed E-state index contributed by atoms with van der Waals surface area (Å²) in [5, 5.41) is 33.2. The zero-order valence-corrected chi connectivity index (χ0v) is 29.9. The number of phenols is 1. The minimum absolute atomic E-state index is 0.0555. The van der Waals surface area contributed by atoms with Crippen LogP contribution < -0.4 is 0 Å². The fourth-order valence-corrected chi connectivity index (χ4v) is 8.68. The number of benzene rings is 3. The van der Waals surface area contributed by atoms with Crippen LogP contribution in [0.4, 0.5) is 0 Å². The standard InChI is InChI=1S/C43H52N2O5/c1-27(2)35-24-36-40(43(50)45(42(36)49)34-17-19-44(20-18-34)25-30-11-7-5-8-12-30)37(26-46)39(35)38(47)16-15-33(32-13-9-6-10-14-32)23-31-21-28(3)41(48)29(4)22-31/h5-14,21-23,27,34,36-38,40,46-48H,15-20,24-26H2,1-4H3/b33-23-/t36-,37+,38-,40-/m1/s1. The molecule has 7 heteroatoms. The molecule has 2 amide bonds. The fraction of sp³-hybridized carbons (Fsp3) is 0.442. The highest BCUT2D eigenvalue weighted by molar-refractivity contribution is 6.06. The predicted molar refractivity (Wildman–Crippen MR) is 198 cm³/mol. The van der Waals surface area contributed by atoms with Crippen LogP contribution in [0.25, 0.3) is 11.6 Å². The molecule has 0 aromatic heterocycles. The Labute approximate surface area is 296 Å². The number of carbonyl (C=O) groups is 2. The highest BCUT2D eigenvalue weighted by atomic mass is 16.3. The number of hydrogen-bond donors (Lipinski definition) is 3. The third-order valence-corrected chi connectivity index (χ3v) is 11.3. The molecular weight excluding hydrogens is 624 g/mol. The van der Waals surface area contributed by atoms with Crippen LogP contribution in [0.3, 0.4) is 0 Å². The van der Waals surface area contributed by atoms with E-state index in [4.69, 9.17) is 0 Å². The normalized spacial score (nSPS) is 22.8. The van der Waals surface area contributed by atoms with Gasteiger partial charge in [0.05, 0.1) is 24.5 Å². The molecule has 0 bridgehead atoms. The van der Waals surface area contributed by atoms with E-state index in [1.54, 1.807) is 4.90 Å². The third kappa shape index (κ3) is 7.36. The maximum atomic E-state index is 14.2. The summed E-state index contributed by atoms with van der Waals surface area (Å²) in [4.78, 5) is 32.2. The third-order valence-electron chi connectivity index (χ3n) is 11.3. The van der Waals surface area contributed by atoms with Gasteiger partial charge < -0.3 is 15.3 Å². The quantitative estimate of drug-likeness (QED) is 0.116. The number of hydrogen-bond acceptors (Lipinski definition) is 6. The molecule has 3 aromatic rings. The molecule has 2 fully saturated rings. The highest BCUT2D eigenvalue weighted by Crippen LogP contribution is 2.49. The van der Waals surface area contributed by atoms with Crippen molar-refractivity contribution < 1.29 is 24.9 Å². The van der Waals surface area contributed by atoms with Gasteiger partial charge in [-0.05, 0) is 103 Å². The number of phenolic OH excluding ortho intramolecular Hbond substituents is 1. The van der Waals surface area contributed by atoms with Gasteiger partial charge in [-0.2, -0.15) is 0 Å². The molecule has 3 N–H and O–H groups in total. The van der Waals surface area contributed by atoms with Gasteiger partial charge in [-0.25, -0.2) is 0 Å². The number of aryl methyl sites for hydroxylation is 2. The Kier molecular flexibility index (Phi) is 11.1. The van der Waals surface area contributed by atoms with Crippen LogP contribution in [0.2, 0.25) is 0 Å².